The zero-order valence-corrected chi connectivity index (χ0v) is 15.0. The van der Waals surface area contributed by atoms with Crippen LogP contribution in [0.5, 0.6) is 5.75 Å². The van der Waals surface area contributed by atoms with Crippen molar-refractivity contribution in [3.63, 3.8) is 0 Å². The van der Waals surface area contributed by atoms with Crippen LogP contribution in [0.2, 0.25) is 0 Å². The lowest BCUT2D eigenvalue weighted by atomic mass is 10.1. The van der Waals surface area contributed by atoms with Gasteiger partial charge in [-0.05, 0) is 48.9 Å². The summed E-state index contributed by atoms with van der Waals surface area (Å²) in [5, 5.41) is 2.79. The average molecular weight is 370 g/mol. The number of hydrogen-bond donors (Lipinski definition) is 1. The fraction of sp³-hybridized carbons (Fsp3) is 0.250. The number of benzene rings is 2. The number of carbonyl (C=O) groups is 3. The van der Waals surface area contributed by atoms with Crippen molar-refractivity contribution in [2.45, 2.75) is 25.8 Å². The van der Waals surface area contributed by atoms with Gasteiger partial charge in [0.2, 0.25) is 11.8 Å². The van der Waals surface area contributed by atoms with E-state index < -0.39 is 11.9 Å². The standard InChI is InChI=1S/C20H19FN2O4/c1-12(14-5-8-17(27-2)16(21)11-14)22-20(26)13-3-6-15(7-4-13)23-18(24)9-10-19(23)25/h3-8,11-12H,9-10H2,1-2H3,(H,22,26)/t12-/m0/s1. The van der Waals surface area contributed by atoms with E-state index in [2.05, 4.69) is 5.32 Å². The second-order valence-corrected chi connectivity index (χ2v) is 6.26. The first-order valence-corrected chi connectivity index (χ1v) is 8.51. The van der Waals surface area contributed by atoms with E-state index in [-0.39, 0.29) is 36.3 Å². The van der Waals surface area contributed by atoms with Gasteiger partial charge in [-0.15, -0.1) is 0 Å². The van der Waals surface area contributed by atoms with Gasteiger partial charge in [0.1, 0.15) is 0 Å². The third-order valence-corrected chi connectivity index (χ3v) is 4.46. The predicted molar refractivity (Wildman–Crippen MR) is 97.0 cm³/mol. The topological polar surface area (TPSA) is 75.7 Å². The lowest BCUT2D eigenvalue weighted by Gasteiger charge is -2.16. The summed E-state index contributed by atoms with van der Waals surface area (Å²) in [5.41, 5.74) is 1.43. The first-order chi connectivity index (χ1) is 12.9. The van der Waals surface area contributed by atoms with Crippen LogP contribution in [0.25, 0.3) is 0 Å². The SMILES string of the molecule is COc1ccc([C@H](C)NC(=O)c2ccc(N3C(=O)CCC3=O)cc2)cc1F. The van der Waals surface area contributed by atoms with Crippen LogP contribution in [0.1, 0.15) is 41.7 Å². The molecule has 1 aliphatic heterocycles. The van der Waals surface area contributed by atoms with Crippen molar-refractivity contribution in [3.05, 3.63) is 59.4 Å². The van der Waals surface area contributed by atoms with Crippen molar-refractivity contribution < 1.29 is 23.5 Å². The van der Waals surface area contributed by atoms with Crippen molar-refractivity contribution in [3.8, 4) is 5.75 Å². The third-order valence-electron chi connectivity index (χ3n) is 4.46. The van der Waals surface area contributed by atoms with E-state index in [1.54, 1.807) is 37.3 Å². The number of anilines is 1. The van der Waals surface area contributed by atoms with Crippen LogP contribution in [0.3, 0.4) is 0 Å². The van der Waals surface area contributed by atoms with Crippen LogP contribution < -0.4 is 15.0 Å². The van der Waals surface area contributed by atoms with Gasteiger partial charge >= 0.3 is 0 Å². The lowest BCUT2D eigenvalue weighted by molar-refractivity contribution is -0.121. The highest BCUT2D eigenvalue weighted by Crippen LogP contribution is 2.24. The van der Waals surface area contributed by atoms with Crippen molar-refractivity contribution in [1.29, 1.82) is 0 Å². The summed E-state index contributed by atoms with van der Waals surface area (Å²) in [5.74, 6) is -1.19. The van der Waals surface area contributed by atoms with Crippen molar-refractivity contribution in [2.75, 3.05) is 12.0 Å². The van der Waals surface area contributed by atoms with Crippen LogP contribution in [0, 0.1) is 5.82 Å². The zero-order chi connectivity index (χ0) is 19.6. The highest BCUT2D eigenvalue weighted by atomic mass is 19.1. The van der Waals surface area contributed by atoms with E-state index in [0.29, 0.717) is 16.8 Å². The number of halogens is 1. The summed E-state index contributed by atoms with van der Waals surface area (Å²) in [7, 11) is 1.39. The summed E-state index contributed by atoms with van der Waals surface area (Å²) < 4.78 is 18.7. The van der Waals surface area contributed by atoms with E-state index in [1.807, 2.05) is 0 Å². The van der Waals surface area contributed by atoms with E-state index in [4.69, 9.17) is 4.74 Å². The Bertz CT molecular complexity index is 879. The van der Waals surface area contributed by atoms with Crippen LogP contribution in [0.4, 0.5) is 10.1 Å². The highest BCUT2D eigenvalue weighted by molar-refractivity contribution is 6.19. The van der Waals surface area contributed by atoms with Crippen molar-refractivity contribution in [2.24, 2.45) is 0 Å². The van der Waals surface area contributed by atoms with Crippen LogP contribution >= 0.6 is 0 Å². The minimum absolute atomic E-state index is 0.138. The molecule has 1 N–H and O–H groups in total. The molecule has 1 saturated heterocycles. The second-order valence-electron chi connectivity index (χ2n) is 6.26. The molecule has 1 heterocycles. The molecule has 140 valence electrons. The van der Waals surface area contributed by atoms with E-state index in [0.717, 1.165) is 4.90 Å². The molecule has 2 aromatic carbocycles. The lowest BCUT2D eigenvalue weighted by Crippen LogP contribution is -2.29. The fourth-order valence-electron chi connectivity index (χ4n) is 2.94. The minimum Gasteiger partial charge on any atom is -0.494 e. The van der Waals surface area contributed by atoms with Gasteiger partial charge in [0.15, 0.2) is 11.6 Å². The van der Waals surface area contributed by atoms with Crippen molar-refractivity contribution in [1.82, 2.24) is 5.32 Å². The van der Waals surface area contributed by atoms with E-state index in [9.17, 15) is 18.8 Å². The molecule has 0 radical (unpaired) electrons. The molecule has 2 aromatic rings. The maximum atomic E-state index is 13.8. The minimum atomic E-state index is -0.500. The molecule has 1 fully saturated rings. The molecular weight excluding hydrogens is 351 g/mol. The molecule has 0 bridgehead atoms. The summed E-state index contributed by atoms with van der Waals surface area (Å²) in [6.45, 7) is 1.75. The molecule has 0 unspecified atom stereocenters. The smallest absolute Gasteiger partial charge is 0.251 e. The van der Waals surface area contributed by atoms with Gasteiger partial charge in [0.05, 0.1) is 18.8 Å². The number of methoxy groups -OCH3 is 1. The summed E-state index contributed by atoms with van der Waals surface area (Å²) in [6, 6.07) is 10.3. The summed E-state index contributed by atoms with van der Waals surface area (Å²) in [6.07, 6.45) is 0.411. The van der Waals surface area contributed by atoms with E-state index in [1.165, 1.54) is 19.2 Å². The number of ether oxygens (including phenoxy) is 1. The molecule has 0 aliphatic carbocycles. The molecule has 0 saturated carbocycles. The van der Waals surface area contributed by atoms with Gasteiger partial charge in [-0.2, -0.15) is 0 Å². The highest BCUT2D eigenvalue weighted by Gasteiger charge is 2.30. The maximum absolute atomic E-state index is 13.8. The van der Waals surface area contributed by atoms with Crippen molar-refractivity contribution >= 4 is 23.4 Å². The molecule has 3 rings (SSSR count). The summed E-state index contributed by atoms with van der Waals surface area (Å²) in [4.78, 5) is 37.1. The number of hydrogen-bond acceptors (Lipinski definition) is 4. The fourth-order valence-corrected chi connectivity index (χ4v) is 2.94. The number of nitrogens with zero attached hydrogens (tertiary/aromatic N) is 1. The number of imide groups is 1. The normalized spacial score (nSPS) is 15.0. The number of amides is 3. The van der Waals surface area contributed by atoms with Gasteiger partial charge in [-0.1, -0.05) is 6.07 Å². The Balaban J connectivity index is 1.70. The molecule has 7 heteroatoms. The largest absolute Gasteiger partial charge is 0.494 e. The molecule has 3 amide bonds. The number of nitrogens with one attached hydrogen (secondary N) is 1. The molecule has 0 aromatic heterocycles. The van der Waals surface area contributed by atoms with Gasteiger partial charge in [0, 0.05) is 18.4 Å². The number of carbonyl (C=O) groups excluding carboxylic acids is 3. The van der Waals surface area contributed by atoms with Gasteiger partial charge in [-0.25, -0.2) is 4.39 Å². The molecule has 0 spiro atoms. The van der Waals surface area contributed by atoms with Gasteiger partial charge in [-0.3, -0.25) is 19.3 Å². The predicted octanol–water partition coefficient (Wildman–Crippen LogP) is 2.98. The van der Waals surface area contributed by atoms with Crippen LogP contribution in [0.15, 0.2) is 42.5 Å². The summed E-state index contributed by atoms with van der Waals surface area (Å²) >= 11 is 0. The first kappa shape index (κ1) is 18.6. The quantitative estimate of drug-likeness (QED) is 0.821. The Morgan fingerprint density at radius 2 is 1.74 bits per heavy atom. The maximum Gasteiger partial charge on any atom is 0.251 e. The molecular formula is C20H19FN2O4. The zero-order valence-electron chi connectivity index (χ0n) is 15.0. The second kappa shape index (κ2) is 7.57. The Morgan fingerprint density at radius 3 is 2.30 bits per heavy atom. The van der Waals surface area contributed by atoms with Crippen LogP contribution in [-0.2, 0) is 9.59 Å². The Morgan fingerprint density at radius 1 is 1.11 bits per heavy atom. The molecule has 1 aliphatic rings. The Kier molecular flexibility index (Phi) is 5.21. The Labute approximate surface area is 155 Å². The Hall–Kier alpha value is -3.22. The first-order valence-electron chi connectivity index (χ1n) is 8.51. The number of rotatable bonds is 5. The molecule has 1 atom stereocenters. The van der Waals surface area contributed by atoms with Gasteiger partial charge in [0.25, 0.3) is 5.91 Å². The monoisotopic (exact) mass is 370 g/mol. The van der Waals surface area contributed by atoms with E-state index >= 15 is 0 Å². The third kappa shape index (κ3) is 3.81. The molecule has 6 nitrogen and oxygen atoms in total. The van der Waals surface area contributed by atoms with Gasteiger partial charge < -0.3 is 10.1 Å². The molecule has 27 heavy (non-hydrogen) atoms. The van der Waals surface area contributed by atoms with Crippen LogP contribution in [-0.4, -0.2) is 24.8 Å². The average Bonchev–Trinajstić information content (AvgIpc) is 3.00.